The lowest BCUT2D eigenvalue weighted by Crippen LogP contribution is -2.30. The van der Waals surface area contributed by atoms with Gasteiger partial charge in [-0.2, -0.15) is 0 Å². The van der Waals surface area contributed by atoms with Crippen LogP contribution in [0.1, 0.15) is 12.8 Å². The molecule has 4 unspecified atom stereocenters. The molecule has 4 N–H and O–H groups in total. The van der Waals surface area contributed by atoms with E-state index in [0.29, 0.717) is 0 Å². The summed E-state index contributed by atoms with van der Waals surface area (Å²) in [6, 6.07) is 0. The number of rotatable bonds is 4. The van der Waals surface area contributed by atoms with E-state index in [9.17, 15) is 19.2 Å². The van der Waals surface area contributed by atoms with Crippen LogP contribution in [0.3, 0.4) is 0 Å². The lowest BCUT2D eigenvalue weighted by Gasteiger charge is -2.21. The van der Waals surface area contributed by atoms with E-state index in [-0.39, 0.29) is 12.8 Å². The molecule has 110 valence electrons. The molecule has 2 fully saturated rings. The Kier molecular flexibility index (Phi) is 3.41. The molecule has 0 amide bonds. The van der Waals surface area contributed by atoms with Gasteiger partial charge in [-0.05, 0) is 24.7 Å². The molecule has 0 saturated heterocycles. The molecule has 0 radical (unpaired) electrons. The number of carbonyl (C=O) groups is 4. The molecule has 8 nitrogen and oxygen atoms in total. The number of aliphatic carboxylic acids is 4. The summed E-state index contributed by atoms with van der Waals surface area (Å²) in [6.07, 6.45) is -0.429. The second-order valence-electron chi connectivity index (χ2n) is 5.41. The van der Waals surface area contributed by atoms with Gasteiger partial charge in [0.05, 0.1) is 23.7 Å². The molecule has 0 aromatic carbocycles. The monoisotopic (exact) mass is 286 g/mol. The highest BCUT2D eigenvalue weighted by molar-refractivity contribution is 5.82. The summed E-state index contributed by atoms with van der Waals surface area (Å²) in [6.45, 7) is 0. The molecule has 0 aromatic rings. The predicted molar refractivity (Wildman–Crippen MR) is 60.7 cm³/mol. The van der Waals surface area contributed by atoms with Crippen molar-refractivity contribution in [2.75, 3.05) is 0 Å². The van der Waals surface area contributed by atoms with Gasteiger partial charge in [0.25, 0.3) is 0 Å². The summed E-state index contributed by atoms with van der Waals surface area (Å²) in [4.78, 5) is 44.9. The average molecular weight is 286 g/mol. The lowest BCUT2D eigenvalue weighted by atomic mass is 9.82. The molecular formula is C12H14O8. The van der Waals surface area contributed by atoms with Gasteiger partial charge >= 0.3 is 23.9 Å². The molecule has 0 aliphatic heterocycles. The quantitative estimate of drug-likeness (QED) is 0.556. The van der Waals surface area contributed by atoms with Crippen molar-refractivity contribution < 1.29 is 39.6 Å². The van der Waals surface area contributed by atoms with E-state index in [0.717, 1.165) is 0 Å². The van der Waals surface area contributed by atoms with Crippen LogP contribution in [0.2, 0.25) is 0 Å². The van der Waals surface area contributed by atoms with Crippen molar-refractivity contribution in [1.29, 1.82) is 0 Å². The van der Waals surface area contributed by atoms with Crippen molar-refractivity contribution >= 4 is 23.9 Å². The van der Waals surface area contributed by atoms with Crippen LogP contribution in [0.4, 0.5) is 0 Å². The molecule has 0 spiro atoms. The van der Waals surface area contributed by atoms with Crippen LogP contribution in [0.25, 0.3) is 0 Å². The Morgan fingerprint density at radius 1 is 0.550 bits per heavy atom. The Labute approximate surface area is 113 Å². The number of hydrogen-bond donors (Lipinski definition) is 4. The van der Waals surface area contributed by atoms with Crippen molar-refractivity contribution in [3.63, 3.8) is 0 Å². The van der Waals surface area contributed by atoms with E-state index in [2.05, 4.69) is 0 Å². The first-order chi connectivity index (χ1) is 9.25. The van der Waals surface area contributed by atoms with Crippen molar-refractivity contribution in [3.05, 3.63) is 0 Å². The van der Waals surface area contributed by atoms with Crippen LogP contribution in [0.15, 0.2) is 0 Å². The van der Waals surface area contributed by atoms with Gasteiger partial charge in [0.2, 0.25) is 0 Å². The molecule has 2 rings (SSSR count). The minimum absolute atomic E-state index is 0.215. The lowest BCUT2D eigenvalue weighted by molar-refractivity contribution is -0.149. The summed E-state index contributed by atoms with van der Waals surface area (Å²) >= 11 is 0. The minimum Gasteiger partial charge on any atom is -0.481 e. The maximum Gasteiger partial charge on any atom is 0.306 e. The van der Waals surface area contributed by atoms with Gasteiger partial charge in [0.1, 0.15) is 0 Å². The summed E-state index contributed by atoms with van der Waals surface area (Å²) in [5.41, 5.74) is 0. The van der Waals surface area contributed by atoms with E-state index >= 15 is 0 Å². The largest absolute Gasteiger partial charge is 0.481 e. The fourth-order valence-electron chi connectivity index (χ4n) is 3.87. The van der Waals surface area contributed by atoms with Gasteiger partial charge in [0.15, 0.2) is 0 Å². The zero-order chi connectivity index (χ0) is 15.2. The van der Waals surface area contributed by atoms with Gasteiger partial charge in [-0.3, -0.25) is 19.2 Å². The zero-order valence-corrected chi connectivity index (χ0v) is 10.3. The van der Waals surface area contributed by atoms with Crippen LogP contribution in [-0.4, -0.2) is 44.3 Å². The van der Waals surface area contributed by atoms with Gasteiger partial charge in [0, 0.05) is 0 Å². The third-order valence-electron chi connectivity index (χ3n) is 4.59. The van der Waals surface area contributed by atoms with Gasteiger partial charge < -0.3 is 20.4 Å². The van der Waals surface area contributed by atoms with Crippen LogP contribution in [-0.2, 0) is 19.2 Å². The predicted octanol–water partition coefficient (Wildman–Crippen LogP) is -0.171. The number of carboxylic acids is 4. The topological polar surface area (TPSA) is 149 Å². The number of carboxylic acid groups (broad SMARTS) is 4. The van der Waals surface area contributed by atoms with Gasteiger partial charge in [-0.25, -0.2) is 0 Å². The third-order valence-corrected chi connectivity index (χ3v) is 4.59. The first-order valence-electron chi connectivity index (χ1n) is 6.17. The Bertz CT molecular complexity index is 400. The normalized spacial score (nSPS) is 39.2. The molecule has 2 aliphatic rings. The molecule has 4 atom stereocenters. The molecule has 20 heavy (non-hydrogen) atoms. The van der Waals surface area contributed by atoms with E-state index in [1.807, 2.05) is 0 Å². The Morgan fingerprint density at radius 2 is 0.750 bits per heavy atom. The van der Waals surface area contributed by atoms with Crippen molar-refractivity contribution in [2.24, 2.45) is 35.5 Å². The first-order valence-corrected chi connectivity index (χ1v) is 6.17. The Hall–Kier alpha value is -2.12. The molecule has 0 aromatic heterocycles. The molecule has 2 aliphatic carbocycles. The van der Waals surface area contributed by atoms with E-state index in [1.165, 1.54) is 0 Å². The fourth-order valence-corrected chi connectivity index (χ4v) is 3.87. The molecular weight excluding hydrogens is 272 g/mol. The second-order valence-corrected chi connectivity index (χ2v) is 5.41. The average Bonchev–Trinajstić information content (AvgIpc) is 2.83. The van der Waals surface area contributed by atoms with Crippen LogP contribution < -0.4 is 0 Å². The second kappa shape index (κ2) is 4.77. The summed E-state index contributed by atoms with van der Waals surface area (Å²) < 4.78 is 0. The molecule has 8 heteroatoms. The van der Waals surface area contributed by atoms with Crippen molar-refractivity contribution in [2.45, 2.75) is 12.8 Å². The van der Waals surface area contributed by atoms with E-state index < -0.39 is 59.4 Å². The standard InChI is InChI=1S/C12H14O8/c13-9(14)3-1-4(10(15)16)8-6(12(19)20)2-5(7(3)8)11(17)18/h3-8H,1-2H2,(H,13,14)(H,15,16)(H,17,18)(H,19,20). The fraction of sp³-hybridized carbons (Fsp3) is 0.667. The van der Waals surface area contributed by atoms with Crippen LogP contribution in [0, 0.1) is 35.5 Å². The Balaban J connectivity index is 2.45. The summed E-state index contributed by atoms with van der Waals surface area (Å²) in [5.74, 6) is -11.4. The van der Waals surface area contributed by atoms with Gasteiger partial charge in [-0.15, -0.1) is 0 Å². The molecule has 2 saturated carbocycles. The minimum atomic E-state index is -1.26. The molecule has 0 heterocycles. The van der Waals surface area contributed by atoms with E-state index in [4.69, 9.17) is 20.4 Å². The number of fused-ring (bicyclic) bond motifs is 1. The highest BCUT2D eigenvalue weighted by Crippen LogP contribution is 2.56. The van der Waals surface area contributed by atoms with Crippen LogP contribution in [0.5, 0.6) is 0 Å². The van der Waals surface area contributed by atoms with Crippen LogP contribution >= 0.6 is 0 Å². The van der Waals surface area contributed by atoms with Crippen molar-refractivity contribution in [3.8, 4) is 0 Å². The SMILES string of the molecule is O=C(O)C1CC(C(=O)O)C2C(C(=O)O)CC(C(=O)O)C12. The maximum absolute atomic E-state index is 11.2. The highest BCUT2D eigenvalue weighted by atomic mass is 16.4. The highest BCUT2D eigenvalue weighted by Gasteiger charge is 2.62. The Morgan fingerprint density at radius 3 is 0.900 bits per heavy atom. The summed E-state index contributed by atoms with van der Waals surface area (Å²) in [5, 5.41) is 36.6. The molecule has 0 bridgehead atoms. The smallest absolute Gasteiger partial charge is 0.306 e. The maximum atomic E-state index is 11.2. The third kappa shape index (κ3) is 2.00. The number of hydrogen-bond acceptors (Lipinski definition) is 4. The first kappa shape index (κ1) is 14.3. The van der Waals surface area contributed by atoms with E-state index in [1.54, 1.807) is 0 Å². The zero-order valence-electron chi connectivity index (χ0n) is 10.3. The van der Waals surface area contributed by atoms with Crippen molar-refractivity contribution in [1.82, 2.24) is 0 Å². The summed E-state index contributed by atoms with van der Waals surface area (Å²) in [7, 11) is 0. The van der Waals surface area contributed by atoms with Gasteiger partial charge in [-0.1, -0.05) is 0 Å².